The van der Waals surface area contributed by atoms with E-state index in [1.54, 1.807) is 14.0 Å². The van der Waals surface area contributed by atoms with E-state index in [9.17, 15) is 4.79 Å². The van der Waals surface area contributed by atoms with Gasteiger partial charge in [-0.2, -0.15) is 0 Å². The molecule has 1 aromatic heterocycles. The number of rotatable bonds is 5. The van der Waals surface area contributed by atoms with E-state index in [0.717, 1.165) is 16.8 Å². The van der Waals surface area contributed by atoms with Crippen LogP contribution in [0.2, 0.25) is 0 Å². The van der Waals surface area contributed by atoms with Crippen molar-refractivity contribution in [2.24, 2.45) is 16.6 Å². The van der Waals surface area contributed by atoms with Crippen LogP contribution in [0, 0.1) is 5.92 Å². The van der Waals surface area contributed by atoms with Crippen LogP contribution >= 0.6 is 0 Å². The second kappa shape index (κ2) is 7.40. The molecular weight excluding hydrogens is 330 g/mol. The molecule has 0 fully saturated rings. The fourth-order valence-electron chi connectivity index (χ4n) is 2.71. The third-order valence-corrected chi connectivity index (χ3v) is 4.22. The summed E-state index contributed by atoms with van der Waals surface area (Å²) >= 11 is 0. The van der Waals surface area contributed by atoms with Crippen LogP contribution in [0.25, 0.3) is 10.9 Å². The highest BCUT2D eigenvalue weighted by atomic mass is 16.5. The van der Waals surface area contributed by atoms with Gasteiger partial charge in [0.15, 0.2) is 0 Å². The molecule has 142 valence electrons. The minimum atomic E-state index is -0.431. The number of carbonyl (C=O) groups is 1. The number of benzene rings is 1. The van der Waals surface area contributed by atoms with Gasteiger partial charge in [-0.25, -0.2) is 9.79 Å². The lowest BCUT2D eigenvalue weighted by Gasteiger charge is -2.22. The van der Waals surface area contributed by atoms with Crippen LogP contribution in [0.4, 0.5) is 5.82 Å². The van der Waals surface area contributed by atoms with E-state index in [0.29, 0.717) is 22.6 Å². The van der Waals surface area contributed by atoms with Gasteiger partial charge in [0, 0.05) is 22.4 Å². The Morgan fingerprint density at radius 1 is 1.31 bits per heavy atom. The molecule has 1 aromatic carbocycles. The first-order valence-electron chi connectivity index (χ1n) is 8.85. The molecular formula is C20H29N3O3. The molecule has 6 heteroatoms. The molecule has 0 aliphatic carbocycles. The molecule has 1 heterocycles. The number of methoxy groups -OCH3 is 1. The van der Waals surface area contributed by atoms with Gasteiger partial charge in [-0.1, -0.05) is 34.6 Å². The van der Waals surface area contributed by atoms with Crippen LogP contribution in [-0.2, 0) is 10.2 Å². The Kier molecular flexibility index (Phi) is 5.64. The molecule has 0 saturated carbocycles. The van der Waals surface area contributed by atoms with Crippen LogP contribution in [0.15, 0.2) is 17.1 Å². The van der Waals surface area contributed by atoms with E-state index in [2.05, 4.69) is 30.7 Å². The van der Waals surface area contributed by atoms with Crippen LogP contribution in [0.3, 0.4) is 0 Å². The van der Waals surface area contributed by atoms with Crippen molar-refractivity contribution in [2.45, 2.75) is 47.0 Å². The number of amidine groups is 1. The van der Waals surface area contributed by atoms with Gasteiger partial charge >= 0.3 is 5.97 Å². The summed E-state index contributed by atoms with van der Waals surface area (Å²) in [6.07, 6.45) is 0. The smallest absolute Gasteiger partial charge is 0.342 e. The zero-order valence-corrected chi connectivity index (χ0v) is 16.7. The Bertz CT molecular complexity index is 842. The molecule has 0 aliphatic rings. The maximum atomic E-state index is 12.6. The summed E-state index contributed by atoms with van der Waals surface area (Å²) in [7, 11) is 1.63. The van der Waals surface area contributed by atoms with Crippen molar-refractivity contribution in [3.63, 3.8) is 0 Å². The predicted octanol–water partition coefficient (Wildman–Crippen LogP) is 4.30. The standard InChI is InChI=1S/C20H29N3O3/c1-8-26-19(24)16-12-9-15(25-7)13(20(4,5)6)10-14(12)22-18(16)23-17(21)11(2)3/h9-11,22H,8H2,1-7H3,(H2,21,23). The molecule has 0 radical (unpaired) electrons. The van der Waals surface area contributed by atoms with Crippen molar-refractivity contribution in [3.05, 3.63) is 23.3 Å². The monoisotopic (exact) mass is 359 g/mol. The summed E-state index contributed by atoms with van der Waals surface area (Å²) in [5.41, 5.74) is 8.12. The predicted molar refractivity (Wildman–Crippen MR) is 106 cm³/mol. The number of aromatic amines is 1. The summed E-state index contributed by atoms with van der Waals surface area (Å²) in [6.45, 7) is 12.3. The highest BCUT2D eigenvalue weighted by molar-refractivity contribution is 6.10. The molecule has 3 N–H and O–H groups in total. The zero-order chi connectivity index (χ0) is 19.6. The van der Waals surface area contributed by atoms with Crippen molar-refractivity contribution in [2.75, 3.05) is 13.7 Å². The van der Waals surface area contributed by atoms with Crippen molar-refractivity contribution >= 4 is 28.5 Å². The number of H-pyrrole nitrogens is 1. The maximum Gasteiger partial charge on any atom is 0.342 e. The molecule has 6 nitrogen and oxygen atoms in total. The van der Waals surface area contributed by atoms with Crippen LogP contribution < -0.4 is 10.5 Å². The van der Waals surface area contributed by atoms with Crippen molar-refractivity contribution in [1.29, 1.82) is 0 Å². The van der Waals surface area contributed by atoms with Crippen LogP contribution in [-0.4, -0.2) is 30.5 Å². The number of ether oxygens (including phenoxy) is 2. The highest BCUT2D eigenvalue weighted by Crippen LogP contribution is 2.38. The van der Waals surface area contributed by atoms with Gasteiger partial charge in [-0.15, -0.1) is 0 Å². The first-order chi connectivity index (χ1) is 12.1. The summed E-state index contributed by atoms with van der Waals surface area (Å²) < 4.78 is 10.8. The molecule has 0 saturated heterocycles. The Morgan fingerprint density at radius 3 is 2.46 bits per heavy atom. The topological polar surface area (TPSA) is 89.7 Å². The molecule has 0 atom stereocenters. The van der Waals surface area contributed by atoms with Gasteiger partial charge in [-0.3, -0.25) is 0 Å². The Morgan fingerprint density at radius 2 is 1.96 bits per heavy atom. The van der Waals surface area contributed by atoms with E-state index in [4.69, 9.17) is 15.2 Å². The van der Waals surface area contributed by atoms with Gasteiger partial charge in [-0.05, 0) is 24.5 Å². The van der Waals surface area contributed by atoms with Crippen molar-refractivity contribution in [1.82, 2.24) is 4.98 Å². The number of hydrogen-bond acceptors (Lipinski definition) is 4. The minimum Gasteiger partial charge on any atom is -0.496 e. The zero-order valence-electron chi connectivity index (χ0n) is 16.7. The van der Waals surface area contributed by atoms with Gasteiger partial charge < -0.3 is 20.2 Å². The molecule has 26 heavy (non-hydrogen) atoms. The summed E-state index contributed by atoms with van der Waals surface area (Å²) in [5, 5.41) is 0.712. The van der Waals surface area contributed by atoms with Gasteiger partial charge in [0.05, 0.1) is 13.7 Å². The van der Waals surface area contributed by atoms with Crippen molar-refractivity contribution < 1.29 is 14.3 Å². The van der Waals surface area contributed by atoms with E-state index in [1.165, 1.54) is 0 Å². The number of nitrogens with zero attached hydrogens (tertiary/aromatic N) is 1. The van der Waals surface area contributed by atoms with Crippen LogP contribution in [0.1, 0.15) is 57.5 Å². The molecule has 0 amide bonds. The number of nitrogens with one attached hydrogen (secondary N) is 1. The average Bonchev–Trinajstić information content (AvgIpc) is 2.89. The minimum absolute atomic E-state index is 0.0659. The molecule has 0 aliphatic heterocycles. The Hall–Kier alpha value is -2.50. The number of hydrogen-bond donors (Lipinski definition) is 2. The van der Waals surface area contributed by atoms with Gasteiger partial charge in [0.2, 0.25) is 0 Å². The quantitative estimate of drug-likeness (QED) is 0.473. The lowest BCUT2D eigenvalue weighted by molar-refractivity contribution is 0.0530. The van der Waals surface area contributed by atoms with E-state index in [1.807, 2.05) is 26.0 Å². The SMILES string of the molecule is CCOC(=O)c1c(N=C(N)C(C)C)[nH]c2cc(C(C)(C)C)c(OC)cc12. The second-order valence-corrected chi connectivity index (χ2v) is 7.61. The number of fused-ring (bicyclic) bond motifs is 1. The summed E-state index contributed by atoms with van der Waals surface area (Å²) in [5.74, 6) is 1.22. The number of aromatic nitrogens is 1. The lowest BCUT2D eigenvalue weighted by atomic mass is 9.85. The Balaban J connectivity index is 2.80. The van der Waals surface area contributed by atoms with E-state index < -0.39 is 5.97 Å². The van der Waals surface area contributed by atoms with Gasteiger partial charge in [0.1, 0.15) is 23.0 Å². The third-order valence-electron chi connectivity index (χ3n) is 4.22. The third kappa shape index (κ3) is 3.84. The summed E-state index contributed by atoms with van der Waals surface area (Å²) in [4.78, 5) is 20.3. The normalized spacial score (nSPS) is 12.7. The molecule has 2 aromatic rings. The fraction of sp³-hybridized carbons (Fsp3) is 0.500. The largest absolute Gasteiger partial charge is 0.496 e. The average molecular weight is 359 g/mol. The summed E-state index contributed by atoms with van der Waals surface area (Å²) in [6, 6.07) is 3.87. The number of esters is 1. The highest BCUT2D eigenvalue weighted by Gasteiger charge is 2.25. The van der Waals surface area contributed by atoms with Crippen LogP contribution in [0.5, 0.6) is 5.75 Å². The molecule has 0 unspecified atom stereocenters. The number of carbonyl (C=O) groups excluding carboxylic acids is 1. The van der Waals surface area contributed by atoms with Crippen molar-refractivity contribution in [3.8, 4) is 5.75 Å². The maximum absolute atomic E-state index is 12.6. The molecule has 0 spiro atoms. The fourth-order valence-corrected chi connectivity index (χ4v) is 2.71. The molecule has 0 bridgehead atoms. The number of nitrogens with two attached hydrogens (primary N) is 1. The first kappa shape index (κ1) is 19.8. The lowest BCUT2D eigenvalue weighted by Crippen LogP contribution is -2.18. The van der Waals surface area contributed by atoms with Gasteiger partial charge in [0.25, 0.3) is 0 Å². The Labute approximate surface area is 154 Å². The first-order valence-corrected chi connectivity index (χ1v) is 8.85. The number of aliphatic imine (C=N–C) groups is 1. The second-order valence-electron chi connectivity index (χ2n) is 7.61. The van der Waals surface area contributed by atoms with E-state index in [-0.39, 0.29) is 17.9 Å². The molecule has 2 rings (SSSR count). The van der Waals surface area contributed by atoms with E-state index >= 15 is 0 Å².